The summed E-state index contributed by atoms with van der Waals surface area (Å²) in [5, 5.41) is 3.33. The predicted octanol–water partition coefficient (Wildman–Crippen LogP) is 0.572. The Balaban J connectivity index is 2.38. The molecule has 0 saturated carbocycles. The Hall–Kier alpha value is -1.36. The molecule has 0 unspecified atom stereocenters. The van der Waals surface area contributed by atoms with Gasteiger partial charge in [0.05, 0.1) is 19.4 Å². The number of hydrogen-bond donors (Lipinski definition) is 1. The van der Waals surface area contributed by atoms with E-state index >= 15 is 0 Å². The van der Waals surface area contributed by atoms with Crippen LogP contribution in [0.3, 0.4) is 0 Å². The Bertz CT molecular complexity index is 368. The second-order valence-electron chi connectivity index (χ2n) is 3.62. The summed E-state index contributed by atoms with van der Waals surface area (Å²) in [6.07, 6.45) is 1.80. The molecule has 2 rings (SSSR count). The van der Waals surface area contributed by atoms with E-state index in [9.17, 15) is 0 Å². The molecule has 1 aromatic heterocycles. The first-order chi connectivity index (χ1) is 7.85. The Labute approximate surface area is 95.2 Å². The number of nitrogens with zero attached hydrogens (tertiary/aromatic N) is 2. The lowest BCUT2D eigenvalue weighted by atomic mass is 10.1. The molecule has 0 bridgehead atoms. The Kier molecular flexibility index (Phi) is 3.56. The maximum atomic E-state index is 5.33. The molecule has 5 nitrogen and oxygen atoms in total. The highest BCUT2D eigenvalue weighted by molar-refractivity contribution is 5.33. The molecular weight excluding hydrogens is 206 g/mol. The summed E-state index contributed by atoms with van der Waals surface area (Å²) in [5.41, 5.74) is 2.15. The Morgan fingerprint density at radius 1 is 1.25 bits per heavy atom. The van der Waals surface area contributed by atoms with Crippen LogP contribution in [0.1, 0.15) is 18.2 Å². The summed E-state index contributed by atoms with van der Waals surface area (Å²) in [4.78, 5) is 8.67. The average Bonchev–Trinajstić information content (AvgIpc) is 2.53. The molecule has 5 heteroatoms. The van der Waals surface area contributed by atoms with Crippen LogP contribution in [-0.2, 0) is 12.8 Å². The summed E-state index contributed by atoms with van der Waals surface area (Å²) < 4.78 is 10.6. The molecule has 0 aliphatic carbocycles. The summed E-state index contributed by atoms with van der Waals surface area (Å²) >= 11 is 0. The molecule has 0 amide bonds. The third-order valence-electron chi connectivity index (χ3n) is 2.59. The van der Waals surface area contributed by atoms with Crippen LogP contribution in [0.4, 0.5) is 0 Å². The third kappa shape index (κ3) is 2.24. The van der Waals surface area contributed by atoms with Crippen LogP contribution < -0.4 is 14.8 Å². The SMILES string of the molecule is CCOc1nc2c(c(OC)n1)CCNCC2. The molecule has 0 aromatic carbocycles. The van der Waals surface area contributed by atoms with Crippen molar-refractivity contribution in [1.29, 1.82) is 0 Å². The van der Waals surface area contributed by atoms with Gasteiger partial charge in [0.2, 0.25) is 5.88 Å². The maximum absolute atomic E-state index is 5.33. The largest absolute Gasteiger partial charge is 0.481 e. The van der Waals surface area contributed by atoms with Crippen molar-refractivity contribution in [3.63, 3.8) is 0 Å². The normalized spacial score (nSPS) is 15.1. The molecule has 0 atom stereocenters. The highest BCUT2D eigenvalue weighted by atomic mass is 16.5. The number of nitrogens with one attached hydrogen (secondary N) is 1. The minimum absolute atomic E-state index is 0.417. The molecule has 0 saturated heterocycles. The van der Waals surface area contributed by atoms with Gasteiger partial charge < -0.3 is 14.8 Å². The zero-order valence-corrected chi connectivity index (χ0v) is 9.75. The molecule has 1 aliphatic rings. The fourth-order valence-electron chi connectivity index (χ4n) is 1.85. The van der Waals surface area contributed by atoms with E-state index in [0.29, 0.717) is 18.5 Å². The lowest BCUT2D eigenvalue weighted by molar-refractivity contribution is 0.299. The number of hydrogen-bond acceptors (Lipinski definition) is 5. The molecule has 1 aliphatic heterocycles. The summed E-state index contributed by atoms with van der Waals surface area (Å²) in [6.45, 7) is 4.38. The van der Waals surface area contributed by atoms with E-state index in [0.717, 1.165) is 37.2 Å². The number of methoxy groups -OCH3 is 1. The number of rotatable bonds is 3. The fraction of sp³-hybridized carbons (Fsp3) is 0.636. The molecular formula is C11H17N3O2. The van der Waals surface area contributed by atoms with E-state index in [4.69, 9.17) is 9.47 Å². The molecule has 2 heterocycles. The standard InChI is InChI=1S/C11H17N3O2/c1-3-16-11-13-9-5-7-12-6-4-8(9)10(14-11)15-2/h12H,3-7H2,1-2H3. The molecule has 0 radical (unpaired) electrons. The van der Waals surface area contributed by atoms with E-state index in [1.165, 1.54) is 0 Å². The van der Waals surface area contributed by atoms with Gasteiger partial charge in [-0.05, 0) is 19.9 Å². The third-order valence-corrected chi connectivity index (χ3v) is 2.59. The van der Waals surface area contributed by atoms with Crippen molar-refractivity contribution < 1.29 is 9.47 Å². The van der Waals surface area contributed by atoms with Crippen molar-refractivity contribution in [3.05, 3.63) is 11.3 Å². The molecule has 0 spiro atoms. The van der Waals surface area contributed by atoms with Gasteiger partial charge in [0, 0.05) is 18.5 Å². The van der Waals surface area contributed by atoms with Crippen LogP contribution >= 0.6 is 0 Å². The van der Waals surface area contributed by atoms with Crippen LogP contribution in [0.25, 0.3) is 0 Å². The van der Waals surface area contributed by atoms with E-state index in [-0.39, 0.29) is 0 Å². The molecule has 16 heavy (non-hydrogen) atoms. The van der Waals surface area contributed by atoms with Gasteiger partial charge in [-0.2, -0.15) is 9.97 Å². The number of fused-ring (bicyclic) bond motifs is 1. The van der Waals surface area contributed by atoms with Crippen molar-refractivity contribution in [2.24, 2.45) is 0 Å². The van der Waals surface area contributed by atoms with Crippen molar-refractivity contribution >= 4 is 0 Å². The minimum atomic E-state index is 0.417. The molecule has 0 fully saturated rings. The van der Waals surface area contributed by atoms with Gasteiger partial charge in [-0.25, -0.2) is 0 Å². The zero-order chi connectivity index (χ0) is 11.4. The number of aromatic nitrogens is 2. The first kappa shape index (κ1) is 11.1. The summed E-state index contributed by atoms with van der Waals surface area (Å²) in [7, 11) is 1.64. The van der Waals surface area contributed by atoms with Crippen molar-refractivity contribution in [2.75, 3.05) is 26.8 Å². The van der Waals surface area contributed by atoms with Crippen LogP contribution in [0, 0.1) is 0 Å². The summed E-state index contributed by atoms with van der Waals surface area (Å²) in [5.74, 6) is 0.650. The molecule has 1 aromatic rings. The van der Waals surface area contributed by atoms with Crippen molar-refractivity contribution in [3.8, 4) is 11.9 Å². The van der Waals surface area contributed by atoms with Crippen molar-refractivity contribution in [2.45, 2.75) is 19.8 Å². The van der Waals surface area contributed by atoms with Crippen LogP contribution in [0.5, 0.6) is 11.9 Å². The Morgan fingerprint density at radius 3 is 2.81 bits per heavy atom. The van der Waals surface area contributed by atoms with E-state index in [1.807, 2.05) is 6.92 Å². The van der Waals surface area contributed by atoms with Gasteiger partial charge in [0.25, 0.3) is 0 Å². The first-order valence-corrected chi connectivity index (χ1v) is 5.62. The fourth-order valence-corrected chi connectivity index (χ4v) is 1.85. The molecule has 88 valence electrons. The molecule has 1 N–H and O–H groups in total. The van der Waals surface area contributed by atoms with Crippen LogP contribution in [0.15, 0.2) is 0 Å². The van der Waals surface area contributed by atoms with Gasteiger partial charge in [-0.3, -0.25) is 0 Å². The number of ether oxygens (including phenoxy) is 2. The smallest absolute Gasteiger partial charge is 0.319 e. The zero-order valence-electron chi connectivity index (χ0n) is 9.75. The highest BCUT2D eigenvalue weighted by Crippen LogP contribution is 2.23. The summed E-state index contributed by atoms with van der Waals surface area (Å²) in [6, 6.07) is 0.417. The highest BCUT2D eigenvalue weighted by Gasteiger charge is 2.17. The van der Waals surface area contributed by atoms with Gasteiger partial charge in [0.1, 0.15) is 0 Å². The van der Waals surface area contributed by atoms with E-state index in [2.05, 4.69) is 15.3 Å². The first-order valence-electron chi connectivity index (χ1n) is 5.62. The lowest BCUT2D eigenvalue weighted by Crippen LogP contribution is -2.16. The second-order valence-corrected chi connectivity index (χ2v) is 3.62. The van der Waals surface area contributed by atoms with Crippen LogP contribution in [0.2, 0.25) is 0 Å². The van der Waals surface area contributed by atoms with Gasteiger partial charge >= 0.3 is 6.01 Å². The second kappa shape index (κ2) is 5.12. The predicted molar refractivity (Wildman–Crippen MR) is 60.0 cm³/mol. The quantitative estimate of drug-likeness (QED) is 0.812. The van der Waals surface area contributed by atoms with Gasteiger partial charge in [0.15, 0.2) is 0 Å². The van der Waals surface area contributed by atoms with Gasteiger partial charge in [-0.15, -0.1) is 0 Å². The maximum Gasteiger partial charge on any atom is 0.319 e. The van der Waals surface area contributed by atoms with Gasteiger partial charge in [-0.1, -0.05) is 0 Å². The topological polar surface area (TPSA) is 56.3 Å². The van der Waals surface area contributed by atoms with Crippen molar-refractivity contribution in [1.82, 2.24) is 15.3 Å². The Morgan fingerprint density at radius 2 is 2.06 bits per heavy atom. The lowest BCUT2D eigenvalue weighted by Gasteiger charge is -2.11. The van der Waals surface area contributed by atoms with E-state index < -0.39 is 0 Å². The average molecular weight is 223 g/mol. The van der Waals surface area contributed by atoms with E-state index in [1.54, 1.807) is 7.11 Å². The minimum Gasteiger partial charge on any atom is -0.481 e. The monoisotopic (exact) mass is 223 g/mol. The van der Waals surface area contributed by atoms with Crippen LogP contribution in [-0.4, -0.2) is 36.8 Å².